The zero-order valence-corrected chi connectivity index (χ0v) is 13.0. The van der Waals surface area contributed by atoms with Crippen molar-refractivity contribution in [2.45, 2.75) is 38.7 Å². The molecular weight excluding hydrogens is 250 g/mol. The van der Waals surface area contributed by atoms with Crippen molar-refractivity contribution in [3.63, 3.8) is 0 Å². The summed E-state index contributed by atoms with van der Waals surface area (Å²) in [6, 6.07) is 0. The quantitative estimate of drug-likeness (QED) is 0.774. The van der Waals surface area contributed by atoms with E-state index in [4.69, 9.17) is 4.74 Å². The van der Waals surface area contributed by atoms with Crippen LogP contribution in [0.1, 0.15) is 33.1 Å². The number of hydrogen-bond donors (Lipinski definition) is 0. The minimum absolute atomic E-state index is 0.149. The third-order valence-electron chi connectivity index (χ3n) is 4.65. The second-order valence-corrected chi connectivity index (χ2v) is 6.15. The van der Waals surface area contributed by atoms with Gasteiger partial charge in [-0.3, -0.25) is 4.79 Å². The lowest BCUT2D eigenvalue weighted by Gasteiger charge is -2.38. The molecule has 3 nitrogen and oxygen atoms in total. The van der Waals surface area contributed by atoms with Crippen LogP contribution in [0.25, 0.3) is 0 Å². The fraction of sp³-hybridized carbons (Fsp3) is 0.706. The van der Waals surface area contributed by atoms with Gasteiger partial charge in [0.2, 0.25) is 0 Å². The van der Waals surface area contributed by atoms with Crippen molar-refractivity contribution in [3.05, 3.63) is 24.3 Å². The summed E-state index contributed by atoms with van der Waals surface area (Å²) in [4.78, 5) is 15.3. The molecule has 0 amide bonds. The van der Waals surface area contributed by atoms with Crippen LogP contribution in [0.4, 0.5) is 0 Å². The third-order valence-corrected chi connectivity index (χ3v) is 4.65. The van der Waals surface area contributed by atoms with Gasteiger partial charge in [-0.1, -0.05) is 31.2 Å². The smallest absolute Gasteiger partial charge is 0.147 e. The lowest BCUT2D eigenvalue weighted by molar-refractivity contribution is -0.133. The van der Waals surface area contributed by atoms with Gasteiger partial charge in [0.25, 0.3) is 0 Å². The van der Waals surface area contributed by atoms with Crippen LogP contribution in [0, 0.1) is 11.8 Å². The molecule has 0 saturated carbocycles. The van der Waals surface area contributed by atoms with E-state index >= 15 is 0 Å². The van der Waals surface area contributed by atoms with Crippen molar-refractivity contribution in [1.29, 1.82) is 0 Å². The zero-order valence-electron chi connectivity index (χ0n) is 13.0. The van der Waals surface area contributed by atoms with Crippen LogP contribution in [0.5, 0.6) is 0 Å². The second-order valence-electron chi connectivity index (χ2n) is 6.15. The molecule has 0 radical (unpaired) electrons. The van der Waals surface area contributed by atoms with E-state index in [1.54, 1.807) is 7.11 Å². The molecule has 0 N–H and O–H groups in total. The Morgan fingerprint density at radius 2 is 2.25 bits per heavy atom. The maximum Gasteiger partial charge on any atom is 0.147 e. The molecule has 2 aliphatic rings. The Bertz CT molecular complexity index is 400. The Hall–Kier alpha value is -0.930. The van der Waals surface area contributed by atoms with Gasteiger partial charge in [-0.25, -0.2) is 0 Å². The molecule has 20 heavy (non-hydrogen) atoms. The molecule has 1 saturated heterocycles. The molecule has 0 aromatic carbocycles. The van der Waals surface area contributed by atoms with Gasteiger partial charge in [-0.15, -0.1) is 0 Å². The number of likely N-dealkylation sites (tertiary alicyclic amines) is 1. The molecule has 1 heterocycles. The summed E-state index contributed by atoms with van der Waals surface area (Å²) < 4.78 is 5.61. The Balaban J connectivity index is 2.06. The van der Waals surface area contributed by atoms with Gasteiger partial charge >= 0.3 is 0 Å². The summed E-state index contributed by atoms with van der Waals surface area (Å²) in [6.45, 7) is 7.36. The normalized spacial score (nSPS) is 34.4. The number of rotatable bonds is 5. The molecule has 112 valence electrons. The van der Waals surface area contributed by atoms with E-state index in [0.29, 0.717) is 5.78 Å². The molecule has 0 spiro atoms. The fourth-order valence-electron chi connectivity index (χ4n) is 3.35. The van der Waals surface area contributed by atoms with Gasteiger partial charge in [0, 0.05) is 19.6 Å². The molecule has 2 rings (SSSR count). The van der Waals surface area contributed by atoms with Crippen LogP contribution in [0.2, 0.25) is 0 Å². The highest BCUT2D eigenvalue weighted by Crippen LogP contribution is 2.32. The highest BCUT2D eigenvalue weighted by atomic mass is 16.5. The average Bonchev–Trinajstić information content (AvgIpc) is 2.48. The Labute approximate surface area is 122 Å². The first-order valence-electron chi connectivity index (χ1n) is 7.78. The number of carbonyl (C=O) groups excluding carboxylic acids is 1. The van der Waals surface area contributed by atoms with E-state index in [-0.39, 0.29) is 11.8 Å². The van der Waals surface area contributed by atoms with Gasteiger partial charge in [0.15, 0.2) is 0 Å². The first-order chi connectivity index (χ1) is 9.60. The second kappa shape index (κ2) is 6.68. The number of ether oxygens (including phenoxy) is 1. The molecule has 0 aromatic heterocycles. The largest absolute Gasteiger partial charge is 0.373 e. The Kier molecular flexibility index (Phi) is 5.17. The number of Topliss-reactive ketones (excluding diaryl/α,β-unsaturated/α-hetero) is 1. The van der Waals surface area contributed by atoms with Gasteiger partial charge in [0.1, 0.15) is 5.78 Å². The first kappa shape index (κ1) is 15.5. The van der Waals surface area contributed by atoms with E-state index in [1.807, 2.05) is 31.2 Å². The van der Waals surface area contributed by atoms with Crippen molar-refractivity contribution in [3.8, 4) is 0 Å². The molecule has 1 aliphatic carbocycles. The average molecular weight is 277 g/mol. The van der Waals surface area contributed by atoms with Crippen molar-refractivity contribution in [2.75, 3.05) is 26.7 Å². The maximum atomic E-state index is 12.9. The molecule has 1 fully saturated rings. The minimum atomic E-state index is -0.487. The Morgan fingerprint density at radius 3 is 2.95 bits per heavy atom. The van der Waals surface area contributed by atoms with Crippen LogP contribution < -0.4 is 0 Å². The summed E-state index contributed by atoms with van der Waals surface area (Å²) in [6.07, 6.45) is 11.3. The number of carbonyl (C=O) groups is 1. The number of allylic oxidation sites excluding steroid dienone is 2. The highest BCUT2D eigenvalue weighted by molar-refractivity contribution is 5.87. The van der Waals surface area contributed by atoms with Gasteiger partial charge in [0.05, 0.1) is 11.5 Å². The lowest BCUT2D eigenvalue weighted by atomic mass is 9.76. The Morgan fingerprint density at radius 1 is 1.45 bits per heavy atom. The summed E-state index contributed by atoms with van der Waals surface area (Å²) >= 11 is 0. The zero-order chi connectivity index (χ0) is 14.6. The van der Waals surface area contributed by atoms with Crippen molar-refractivity contribution in [1.82, 2.24) is 4.90 Å². The van der Waals surface area contributed by atoms with Crippen molar-refractivity contribution < 1.29 is 9.53 Å². The SMILES string of the molecule is CCCN1CCCC(C(=O)C2C=CC=CC2(C)OC)C1. The molecule has 3 heteroatoms. The monoisotopic (exact) mass is 277 g/mol. The number of methoxy groups -OCH3 is 1. The van der Waals surface area contributed by atoms with Crippen LogP contribution in [0.15, 0.2) is 24.3 Å². The predicted molar refractivity (Wildman–Crippen MR) is 81.6 cm³/mol. The topological polar surface area (TPSA) is 29.5 Å². The van der Waals surface area contributed by atoms with Crippen molar-refractivity contribution >= 4 is 5.78 Å². The molecule has 0 aromatic rings. The van der Waals surface area contributed by atoms with E-state index < -0.39 is 5.60 Å². The number of ketones is 1. The predicted octanol–water partition coefficient (Wildman–Crippen LogP) is 2.82. The summed E-state index contributed by atoms with van der Waals surface area (Å²) in [5.74, 6) is 0.353. The van der Waals surface area contributed by atoms with Gasteiger partial charge in [-0.05, 0) is 39.3 Å². The highest BCUT2D eigenvalue weighted by Gasteiger charge is 2.40. The first-order valence-corrected chi connectivity index (χ1v) is 7.78. The van der Waals surface area contributed by atoms with Crippen LogP contribution >= 0.6 is 0 Å². The molecule has 0 bridgehead atoms. The van der Waals surface area contributed by atoms with E-state index in [1.165, 1.54) is 0 Å². The lowest BCUT2D eigenvalue weighted by Crippen LogP contribution is -2.46. The number of piperidine rings is 1. The van der Waals surface area contributed by atoms with Crippen LogP contribution in [-0.4, -0.2) is 43.0 Å². The summed E-state index contributed by atoms with van der Waals surface area (Å²) in [5, 5.41) is 0. The van der Waals surface area contributed by atoms with Gasteiger partial charge in [-0.2, -0.15) is 0 Å². The summed E-state index contributed by atoms with van der Waals surface area (Å²) in [5.41, 5.74) is -0.487. The number of hydrogen-bond acceptors (Lipinski definition) is 3. The standard InChI is InChI=1S/C17H27NO2/c1-4-11-18-12-7-8-14(13-18)16(19)15-9-5-6-10-17(15,2)20-3/h5-6,9-10,14-15H,4,7-8,11-13H2,1-3H3. The molecule has 1 aliphatic heterocycles. The van der Waals surface area contributed by atoms with E-state index in [2.05, 4.69) is 11.8 Å². The third kappa shape index (κ3) is 3.21. The van der Waals surface area contributed by atoms with Crippen molar-refractivity contribution in [2.24, 2.45) is 11.8 Å². The maximum absolute atomic E-state index is 12.9. The minimum Gasteiger partial charge on any atom is -0.373 e. The van der Waals surface area contributed by atoms with E-state index in [0.717, 1.165) is 38.9 Å². The molecule has 3 unspecified atom stereocenters. The van der Waals surface area contributed by atoms with Crippen LogP contribution in [-0.2, 0) is 9.53 Å². The van der Waals surface area contributed by atoms with Gasteiger partial charge < -0.3 is 9.64 Å². The fourth-order valence-corrected chi connectivity index (χ4v) is 3.35. The summed E-state index contributed by atoms with van der Waals surface area (Å²) in [7, 11) is 1.69. The van der Waals surface area contributed by atoms with Crippen LogP contribution in [0.3, 0.4) is 0 Å². The van der Waals surface area contributed by atoms with E-state index in [9.17, 15) is 4.79 Å². The molecule has 3 atom stereocenters. The molecular formula is C17H27NO2. The number of nitrogens with zero attached hydrogens (tertiary/aromatic N) is 1.